The lowest BCUT2D eigenvalue weighted by Gasteiger charge is -2.13. The molecule has 0 spiro atoms. The van der Waals surface area contributed by atoms with Gasteiger partial charge in [-0.25, -0.2) is 4.39 Å². The quantitative estimate of drug-likeness (QED) is 0.647. The van der Waals surface area contributed by atoms with Gasteiger partial charge in [0, 0.05) is 43.9 Å². The second kappa shape index (κ2) is 8.99. The van der Waals surface area contributed by atoms with Crippen molar-refractivity contribution in [2.45, 2.75) is 6.42 Å². The van der Waals surface area contributed by atoms with Crippen LogP contribution in [0.1, 0.15) is 16.1 Å². The zero-order valence-electron chi connectivity index (χ0n) is 15.9. The van der Waals surface area contributed by atoms with Gasteiger partial charge in [-0.05, 0) is 60.5 Å². The number of hydrogen-bond acceptors (Lipinski definition) is 4. The van der Waals surface area contributed by atoms with Crippen LogP contribution in [0.15, 0.2) is 66.9 Å². The molecule has 1 heterocycles. The van der Waals surface area contributed by atoms with Crippen LogP contribution in [0.25, 0.3) is 0 Å². The molecule has 3 aromatic rings. The molecule has 0 aliphatic rings. The highest BCUT2D eigenvalue weighted by atomic mass is 19.1. The maximum absolute atomic E-state index is 12.9. The summed E-state index contributed by atoms with van der Waals surface area (Å²) in [6.45, 7) is 0.669. The van der Waals surface area contributed by atoms with Crippen LogP contribution >= 0.6 is 0 Å². The number of benzene rings is 2. The molecule has 1 aromatic heterocycles. The lowest BCUT2D eigenvalue weighted by molar-refractivity contribution is 0.102. The lowest BCUT2D eigenvalue weighted by atomic mass is 10.1. The fraction of sp³-hybridized carbons (Fsp3) is 0.182. The second-order valence-electron chi connectivity index (χ2n) is 6.63. The van der Waals surface area contributed by atoms with E-state index in [2.05, 4.69) is 15.6 Å². The first-order valence-electron chi connectivity index (χ1n) is 9.04. The summed E-state index contributed by atoms with van der Waals surface area (Å²) in [5.41, 5.74) is 3.96. The van der Waals surface area contributed by atoms with Gasteiger partial charge in [0.25, 0.3) is 5.91 Å². The summed E-state index contributed by atoms with van der Waals surface area (Å²) in [6, 6.07) is 17.6. The van der Waals surface area contributed by atoms with E-state index < -0.39 is 0 Å². The third-order valence-electron chi connectivity index (χ3n) is 4.29. The molecule has 5 nitrogen and oxygen atoms in total. The zero-order chi connectivity index (χ0) is 19.9. The Morgan fingerprint density at radius 2 is 1.71 bits per heavy atom. The van der Waals surface area contributed by atoms with E-state index in [-0.39, 0.29) is 11.7 Å². The van der Waals surface area contributed by atoms with E-state index >= 15 is 0 Å². The Labute approximate surface area is 164 Å². The monoisotopic (exact) mass is 378 g/mol. The molecule has 0 fully saturated rings. The second-order valence-corrected chi connectivity index (χ2v) is 6.63. The van der Waals surface area contributed by atoms with E-state index in [1.165, 1.54) is 12.1 Å². The smallest absolute Gasteiger partial charge is 0.274 e. The molecule has 0 saturated carbocycles. The van der Waals surface area contributed by atoms with Crippen molar-refractivity contribution in [2.75, 3.05) is 36.2 Å². The number of nitrogens with one attached hydrogen (secondary N) is 2. The number of carbonyl (C=O) groups excluding carboxylic acids is 1. The van der Waals surface area contributed by atoms with E-state index in [9.17, 15) is 9.18 Å². The average Bonchev–Trinajstić information content (AvgIpc) is 2.70. The van der Waals surface area contributed by atoms with Crippen LogP contribution in [0.4, 0.5) is 21.5 Å². The van der Waals surface area contributed by atoms with Gasteiger partial charge in [-0.15, -0.1) is 0 Å². The van der Waals surface area contributed by atoms with Crippen molar-refractivity contribution in [3.63, 3.8) is 0 Å². The van der Waals surface area contributed by atoms with Crippen molar-refractivity contribution in [3.05, 3.63) is 83.9 Å². The Bertz CT molecular complexity index is 924. The fourth-order valence-corrected chi connectivity index (χ4v) is 2.70. The van der Waals surface area contributed by atoms with Gasteiger partial charge in [-0.2, -0.15) is 0 Å². The zero-order valence-corrected chi connectivity index (χ0v) is 15.9. The number of aromatic nitrogens is 1. The molecule has 0 aliphatic carbocycles. The Kier molecular flexibility index (Phi) is 6.22. The van der Waals surface area contributed by atoms with E-state index in [0.717, 1.165) is 23.4 Å². The standard InChI is InChI=1S/C22H23FN4O/c1-27(2)20-9-7-18(8-10-20)26-22(28)21-15-19(12-14-25-21)24-13-11-16-3-5-17(23)6-4-16/h3-10,12,14-15H,11,13H2,1-2H3,(H,24,25)(H,26,28). The molecule has 6 heteroatoms. The summed E-state index contributed by atoms with van der Waals surface area (Å²) >= 11 is 0. The van der Waals surface area contributed by atoms with E-state index in [1.54, 1.807) is 24.4 Å². The van der Waals surface area contributed by atoms with Crippen molar-refractivity contribution in [1.29, 1.82) is 0 Å². The first-order valence-corrected chi connectivity index (χ1v) is 9.04. The summed E-state index contributed by atoms with van der Waals surface area (Å²) in [4.78, 5) is 18.6. The Balaban J connectivity index is 1.57. The molecule has 2 aromatic carbocycles. The van der Waals surface area contributed by atoms with Crippen LogP contribution in [-0.2, 0) is 6.42 Å². The maximum atomic E-state index is 12.9. The predicted molar refractivity (Wildman–Crippen MR) is 112 cm³/mol. The average molecular weight is 378 g/mol. The van der Waals surface area contributed by atoms with Gasteiger partial charge < -0.3 is 15.5 Å². The Hall–Kier alpha value is -3.41. The normalized spacial score (nSPS) is 10.4. The van der Waals surface area contributed by atoms with Crippen LogP contribution in [0, 0.1) is 5.82 Å². The summed E-state index contributed by atoms with van der Waals surface area (Å²) in [7, 11) is 3.93. The number of hydrogen-bond donors (Lipinski definition) is 2. The van der Waals surface area contributed by atoms with Crippen molar-refractivity contribution in [3.8, 4) is 0 Å². The van der Waals surface area contributed by atoms with E-state index in [0.29, 0.717) is 17.9 Å². The molecule has 2 N–H and O–H groups in total. The molecule has 144 valence electrons. The minimum atomic E-state index is -0.264. The molecule has 0 saturated heterocycles. The van der Waals surface area contributed by atoms with Gasteiger partial charge in [-0.3, -0.25) is 9.78 Å². The van der Waals surface area contributed by atoms with Crippen molar-refractivity contribution >= 4 is 23.0 Å². The largest absolute Gasteiger partial charge is 0.385 e. The third-order valence-corrected chi connectivity index (χ3v) is 4.29. The SMILES string of the molecule is CN(C)c1ccc(NC(=O)c2cc(NCCc3ccc(F)cc3)ccn2)cc1. The summed E-state index contributed by atoms with van der Waals surface area (Å²) in [6.07, 6.45) is 2.35. The number of rotatable bonds is 7. The third kappa shape index (κ3) is 5.30. The Morgan fingerprint density at radius 3 is 2.39 bits per heavy atom. The number of nitrogens with zero attached hydrogens (tertiary/aromatic N) is 2. The van der Waals surface area contributed by atoms with E-state index in [1.807, 2.05) is 49.3 Å². The number of pyridine rings is 1. The van der Waals surface area contributed by atoms with Crippen LogP contribution in [0.2, 0.25) is 0 Å². The first-order chi connectivity index (χ1) is 13.5. The molecule has 0 atom stereocenters. The van der Waals surface area contributed by atoms with Crippen molar-refractivity contribution in [1.82, 2.24) is 4.98 Å². The van der Waals surface area contributed by atoms with Gasteiger partial charge in [-0.1, -0.05) is 12.1 Å². The molecule has 28 heavy (non-hydrogen) atoms. The summed E-state index contributed by atoms with van der Waals surface area (Å²) < 4.78 is 12.9. The topological polar surface area (TPSA) is 57.3 Å². The highest BCUT2D eigenvalue weighted by molar-refractivity contribution is 6.03. The Morgan fingerprint density at radius 1 is 1.00 bits per heavy atom. The lowest BCUT2D eigenvalue weighted by Crippen LogP contribution is -2.15. The van der Waals surface area contributed by atoms with Gasteiger partial charge in [0.15, 0.2) is 0 Å². The summed E-state index contributed by atoms with van der Waals surface area (Å²) in [5, 5.41) is 6.12. The predicted octanol–water partition coefficient (Wildman–Crippen LogP) is 4.19. The van der Waals surface area contributed by atoms with Crippen LogP contribution in [0.3, 0.4) is 0 Å². The highest BCUT2D eigenvalue weighted by Crippen LogP contribution is 2.17. The number of halogens is 1. The number of amides is 1. The molecule has 0 radical (unpaired) electrons. The molecule has 1 amide bonds. The van der Waals surface area contributed by atoms with Crippen molar-refractivity contribution in [2.24, 2.45) is 0 Å². The van der Waals surface area contributed by atoms with Gasteiger partial charge in [0.2, 0.25) is 0 Å². The molecular weight excluding hydrogens is 355 g/mol. The fourth-order valence-electron chi connectivity index (χ4n) is 2.70. The van der Waals surface area contributed by atoms with Gasteiger partial charge >= 0.3 is 0 Å². The van der Waals surface area contributed by atoms with Crippen LogP contribution in [0.5, 0.6) is 0 Å². The first kappa shape index (κ1) is 19.4. The van der Waals surface area contributed by atoms with Gasteiger partial charge in [0.1, 0.15) is 11.5 Å². The molecule has 3 rings (SSSR count). The minimum Gasteiger partial charge on any atom is -0.385 e. The molecule has 0 aliphatic heterocycles. The minimum absolute atomic E-state index is 0.238. The van der Waals surface area contributed by atoms with Gasteiger partial charge in [0.05, 0.1) is 0 Å². The van der Waals surface area contributed by atoms with Crippen molar-refractivity contribution < 1.29 is 9.18 Å². The maximum Gasteiger partial charge on any atom is 0.274 e. The number of carbonyl (C=O) groups is 1. The highest BCUT2D eigenvalue weighted by Gasteiger charge is 2.09. The molecular formula is C22H23FN4O. The summed E-state index contributed by atoms with van der Waals surface area (Å²) in [5.74, 6) is -0.502. The molecule has 0 bridgehead atoms. The van der Waals surface area contributed by atoms with Crippen LogP contribution < -0.4 is 15.5 Å². The van der Waals surface area contributed by atoms with E-state index in [4.69, 9.17) is 0 Å². The van der Waals surface area contributed by atoms with Crippen LogP contribution in [-0.4, -0.2) is 31.5 Å². The number of anilines is 3. The molecule has 0 unspecified atom stereocenters.